The predicted octanol–water partition coefficient (Wildman–Crippen LogP) is 3.48. The number of nitrogens with one attached hydrogen (secondary N) is 2. The average molecular weight is 505 g/mol. The molecular formula is C21H36IN3O3. The summed E-state index contributed by atoms with van der Waals surface area (Å²) in [5, 5.41) is 6.62. The lowest BCUT2D eigenvalue weighted by Crippen LogP contribution is -2.45. The van der Waals surface area contributed by atoms with Gasteiger partial charge in [-0.15, -0.1) is 24.0 Å². The van der Waals surface area contributed by atoms with E-state index in [2.05, 4.69) is 41.8 Å². The van der Waals surface area contributed by atoms with E-state index in [4.69, 9.17) is 19.2 Å². The summed E-state index contributed by atoms with van der Waals surface area (Å²) >= 11 is 0. The van der Waals surface area contributed by atoms with Crippen molar-refractivity contribution in [3.63, 3.8) is 0 Å². The highest BCUT2D eigenvalue weighted by atomic mass is 127. The Morgan fingerprint density at radius 3 is 2.61 bits per heavy atom. The maximum absolute atomic E-state index is 6.02. The Morgan fingerprint density at radius 1 is 1.21 bits per heavy atom. The van der Waals surface area contributed by atoms with Crippen LogP contribution < -0.4 is 10.6 Å². The molecule has 1 aromatic carbocycles. The van der Waals surface area contributed by atoms with Crippen LogP contribution in [0.3, 0.4) is 0 Å². The molecule has 1 aliphatic heterocycles. The van der Waals surface area contributed by atoms with Gasteiger partial charge in [-0.1, -0.05) is 24.3 Å². The second-order valence-electron chi connectivity index (χ2n) is 7.46. The summed E-state index contributed by atoms with van der Waals surface area (Å²) in [7, 11) is 1.72. The number of hydrogen-bond donors (Lipinski definition) is 2. The van der Waals surface area contributed by atoms with E-state index < -0.39 is 0 Å². The molecule has 0 aromatic heterocycles. The molecule has 1 aromatic rings. The van der Waals surface area contributed by atoms with Gasteiger partial charge in [0.25, 0.3) is 0 Å². The van der Waals surface area contributed by atoms with Gasteiger partial charge >= 0.3 is 0 Å². The average Bonchev–Trinajstić information content (AvgIpc) is 2.70. The van der Waals surface area contributed by atoms with Gasteiger partial charge in [0, 0.05) is 33.4 Å². The number of methoxy groups -OCH3 is 1. The largest absolute Gasteiger partial charge is 0.381 e. The number of hydrogen-bond acceptors (Lipinski definition) is 4. The van der Waals surface area contributed by atoms with Crippen LogP contribution in [-0.2, 0) is 27.4 Å². The summed E-state index contributed by atoms with van der Waals surface area (Å²) < 4.78 is 16.9. The Morgan fingerprint density at radius 2 is 1.93 bits per heavy atom. The monoisotopic (exact) mass is 505 g/mol. The molecule has 1 heterocycles. The van der Waals surface area contributed by atoms with Crippen molar-refractivity contribution < 1.29 is 14.2 Å². The number of halogens is 1. The quantitative estimate of drug-likeness (QED) is 0.306. The Balaban J connectivity index is 0.00000392. The van der Waals surface area contributed by atoms with Crippen LogP contribution in [0, 0.1) is 0 Å². The van der Waals surface area contributed by atoms with E-state index >= 15 is 0 Å². The zero-order valence-corrected chi connectivity index (χ0v) is 20.0. The zero-order chi connectivity index (χ0) is 19.5. The number of guanidine groups is 1. The summed E-state index contributed by atoms with van der Waals surface area (Å²) in [5.41, 5.74) is 2.12. The van der Waals surface area contributed by atoms with Crippen LogP contribution in [0.25, 0.3) is 0 Å². The van der Waals surface area contributed by atoms with Crippen LogP contribution in [0.15, 0.2) is 29.3 Å². The smallest absolute Gasteiger partial charge is 0.191 e. The predicted molar refractivity (Wildman–Crippen MR) is 124 cm³/mol. The fourth-order valence-corrected chi connectivity index (χ4v) is 2.76. The number of benzene rings is 1. The third kappa shape index (κ3) is 9.54. The van der Waals surface area contributed by atoms with Gasteiger partial charge in [-0.2, -0.15) is 0 Å². The molecule has 2 N–H and O–H groups in total. The summed E-state index contributed by atoms with van der Waals surface area (Å²) in [6.45, 7) is 10.5. The molecule has 1 saturated heterocycles. The van der Waals surface area contributed by atoms with Gasteiger partial charge in [0.15, 0.2) is 5.96 Å². The first kappa shape index (κ1) is 25.1. The highest BCUT2D eigenvalue weighted by Gasteiger charge is 2.16. The maximum atomic E-state index is 6.02. The Hall–Kier alpha value is -0.900. The lowest BCUT2D eigenvalue weighted by Gasteiger charge is -2.24. The minimum atomic E-state index is -0.238. The van der Waals surface area contributed by atoms with Crippen LogP contribution >= 0.6 is 24.0 Å². The van der Waals surface area contributed by atoms with Crippen molar-refractivity contribution in [2.45, 2.75) is 58.5 Å². The van der Waals surface area contributed by atoms with Gasteiger partial charge in [0.05, 0.1) is 24.9 Å². The molecule has 1 aliphatic rings. The molecule has 7 heteroatoms. The van der Waals surface area contributed by atoms with Crippen LogP contribution in [0.4, 0.5) is 0 Å². The van der Waals surface area contributed by atoms with Crippen LogP contribution in [0.5, 0.6) is 0 Å². The molecule has 0 aliphatic carbocycles. The standard InChI is InChI=1S/C21H35N3O3.HI/c1-5-22-20(24-16-21(2,3)25-4)23-14-17-7-6-8-18(13-17)15-27-19-9-11-26-12-10-19;/h6-8,13,19H,5,9-12,14-16H2,1-4H3,(H2,22,23,24);1H. The van der Waals surface area contributed by atoms with E-state index in [1.807, 2.05) is 13.8 Å². The topological polar surface area (TPSA) is 64.1 Å². The Kier molecular flexibility index (Phi) is 12.0. The molecule has 0 spiro atoms. The maximum Gasteiger partial charge on any atom is 0.191 e. The van der Waals surface area contributed by atoms with E-state index in [0.717, 1.165) is 38.6 Å². The lowest BCUT2D eigenvalue weighted by atomic mass is 10.1. The fourth-order valence-electron chi connectivity index (χ4n) is 2.76. The molecule has 0 atom stereocenters. The van der Waals surface area contributed by atoms with Crippen molar-refractivity contribution in [1.82, 2.24) is 10.6 Å². The molecule has 28 heavy (non-hydrogen) atoms. The first-order valence-corrected chi connectivity index (χ1v) is 9.87. The van der Waals surface area contributed by atoms with E-state index in [-0.39, 0.29) is 29.6 Å². The molecule has 160 valence electrons. The van der Waals surface area contributed by atoms with Crippen molar-refractivity contribution in [3.8, 4) is 0 Å². The first-order chi connectivity index (χ1) is 13.0. The van der Waals surface area contributed by atoms with Gasteiger partial charge in [0.2, 0.25) is 0 Å². The normalized spacial score (nSPS) is 15.8. The molecule has 0 amide bonds. The second kappa shape index (κ2) is 13.3. The van der Waals surface area contributed by atoms with Crippen molar-refractivity contribution in [2.24, 2.45) is 4.99 Å². The van der Waals surface area contributed by atoms with E-state index in [0.29, 0.717) is 25.8 Å². The first-order valence-electron chi connectivity index (χ1n) is 9.87. The van der Waals surface area contributed by atoms with Gasteiger partial charge in [0.1, 0.15) is 0 Å². The molecule has 0 radical (unpaired) electrons. The minimum Gasteiger partial charge on any atom is -0.381 e. The molecule has 0 bridgehead atoms. The highest BCUT2D eigenvalue weighted by molar-refractivity contribution is 14.0. The summed E-state index contributed by atoms with van der Waals surface area (Å²) in [6.07, 6.45) is 2.29. The SMILES string of the molecule is CCNC(=NCc1cccc(COC2CCOCC2)c1)NCC(C)(C)OC.I. The van der Waals surface area contributed by atoms with Gasteiger partial charge in [-0.05, 0) is 44.7 Å². The number of rotatable bonds is 9. The van der Waals surface area contributed by atoms with Gasteiger partial charge < -0.3 is 24.8 Å². The minimum absolute atomic E-state index is 0. The van der Waals surface area contributed by atoms with E-state index in [1.165, 1.54) is 11.1 Å². The highest BCUT2D eigenvalue weighted by Crippen LogP contribution is 2.14. The van der Waals surface area contributed by atoms with Crippen LogP contribution in [0.1, 0.15) is 44.7 Å². The summed E-state index contributed by atoms with van der Waals surface area (Å²) in [4.78, 5) is 4.69. The van der Waals surface area contributed by atoms with Gasteiger partial charge in [-0.3, -0.25) is 0 Å². The van der Waals surface area contributed by atoms with Crippen LogP contribution in [-0.4, -0.2) is 51.1 Å². The third-order valence-electron chi connectivity index (χ3n) is 4.64. The second-order valence-corrected chi connectivity index (χ2v) is 7.46. The molecule has 2 rings (SSSR count). The molecule has 0 saturated carbocycles. The Labute approximate surface area is 186 Å². The zero-order valence-electron chi connectivity index (χ0n) is 17.6. The van der Waals surface area contributed by atoms with Crippen molar-refractivity contribution >= 4 is 29.9 Å². The molecule has 6 nitrogen and oxygen atoms in total. The molecule has 0 unspecified atom stereocenters. The summed E-state index contributed by atoms with van der Waals surface area (Å²) in [6, 6.07) is 8.45. The number of aliphatic imine (C=N–C) groups is 1. The molecular weight excluding hydrogens is 469 g/mol. The van der Waals surface area contributed by atoms with E-state index in [1.54, 1.807) is 7.11 Å². The number of ether oxygens (including phenoxy) is 3. The summed E-state index contributed by atoms with van der Waals surface area (Å²) in [5.74, 6) is 0.798. The fraction of sp³-hybridized carbons (Fsp3) is 0.667. The van der Waals surface area contributed by atoms with Crippen molar-refractivity contribution in [1.29, 1.82) is 0 Å². The number of nitrogens with zero attached hydrogens (tertiary/aromatic N) is 1. The van der Waals surface area contributed by atoms with Crippen molar-refractivity contribution in [3.05, 3.63) is 35.4 Å². The van der Waals surface area contributed by atoms with Gasteiger partial charge in [-0.25, -0.2) is 4.99 Å². The Bertz CT molecular complexity index is 590. The third-order valence-corrected chi connectivity index (χ3v) is 4.64. The van der Waals surface area contributed by atoms with E-state index in [9.17, 15) is 0 Å². The lowest BCUT2D eigenvalue weighted by molar-refractivity contribution is -0.0390. The molecule has 1 fully saturated rings. The van der Waals surface area contributed by atoms with Crippen molar-refractivity contribution in [2.75, 3.05) is 33.4 Å². The van der Waals surface area contributed by atoms with Crippen LogP contribution in [0.2, 0.25) is 0 Å².